The largest absolute Gasteiger partial charge is 0.504 e. The molecule has 3 rings (SSSR count). The average Bonchev–Trinajstić information content (AvgIpc) is 2.66. The number of hydrogen-bond acceptors (Lipinski definition) is 5. The van der Waals surface area contributed by atoms with Crippen molar-refractivity contribution in [1.29, 1.82) is 0 Å². The van der Waals surface area contributed by atoms with Gasteiger partial charge in [0.2, 0.25) is 5.78 Å². The van der Waals surface area contributed by atoms with Crippen molar-refractivity contribution in [3.8, 4) is 0 Å². The highest BCUT2D eigenvalue weighted by Crippen LogP contribution is 2.57. The molecule has 0 aromatic rings. The Balaban J connectivity index is 2.21. The van der Waals surface area contributed by atoms with Crippen LogP contribution in [0.1, 0.15) is 47.0 Å². The molecule has 0 saturated heterocycles. The molecule has 5 nitrogen and oxygen atoms in total. The van der Waals surface area contributed by atoms with Gasteiger partial charge in [-0.1, -0.05) is 20.8 Å². The topological polar surface area (TPSA) is 94.8 Å². The second-order valence-electron chi connectivity index (χ2n) is 8.25. The lowest BCUT2D eigenvalue weighted by Gasteiger charge is -2.38. The second-order valence-corrected chi connectivity index (χ2v) is 8.25. The van der Waals surface area contributed by atoms with E-state index >= 15 is 0 Å². The van der Waals surface area contributed by atoms with Crippen molar-refractivity contribution in [3.05, 3.63) is 34.1 Å². The maximum atomic E-state index is 12.7. The molecule has 0 bridgehead atoms. The SMILES string of the molecule is CC1=C2C=C3C(=O)C(O)=C(C(C)CO)C3(C)CCC2(C)CC(O)C1=O. The van der Waals surface area contributed by atoms with Gasteiger partial charge in [-0.3, -0.25) is 9.59 Å². The first-order valence-corrected chi connectivity index (χ1v) is 8.82. The van der Waals surface area contributed by atoms with Crippen molar-refractivity contribution >= 4 is 11.6 Å². The van der Waals surface area contributed by atoms with Gasteiger partial charge in [0.15, 0.2) is 11.5 Å². The van der Waals surface area contributed by atoms with Crippen LogP contribution in [0.2, 0.25) is 0 Å². The summed E-state index contributed by atoms with van der Waals surface area (Å²) in [4.78, 5) is 25.0. The van der Waals surface area contributed by atoms with Crippen LogP contribution in [-0.2, 0) is 9.59 Å². The molecule has 0 spiro atoms. The zero-order valence-corrected chi connectivity index (χ0v) is 15.2. The number of aliphatic hydroxyl groups is 3. The van der Waals surface area contributed by atoms with Crippen LogP contribution in [0, 0.1) is 16.7 Å². The van der Waals surface area contributed by atoms with Crippen LogP contribution >= 0.6 is 0 Å². The van der Waals surface area contributed by atoms with Crippen LogP contribution in [0.15, 0.2) is 34.1 Å². The molecule has 0 aromatic heterocycles. The van der Waals surface area contributed by atoms with E-state index in [9.17, 15) is 24.9 Å². The highest BCUT2D eigenvalue weighted by Gasteiger charge is 2.52. The summed E-state index contributed by atoms with van der Waals surface area (Å²) in [6.45, 7) is 7.29. The number of allylic oxidation sites excluding steroid dienone is 3. The molecule has 0 saturated carbocycles. The van der Waals surface area contributed by atoms with Gasteiger partial charge in [-0.15, -0.1) is 0 Å². The third-order valence-corrected chi connectivity index (χ3v) is 6.51. The van der Waals surface area contributed by atoms with E-state index in [4.69, 9.17) is 0 Å². The summed E-state index contributed by atoms with van der Waals surface area (Å²) in [7, 11) is 0. The maximum absolute atomic E-state index is 12.7. The van der Waals surface area contributed by atoms with E-state index < -0.39 is 17.3 Å². The predicted octanol–water partition coefficient (Wildman–Crippen LogP) is 2.39. The third kappa shape index (κ3) is 2.36. The first-order valence-electron chi connectivity index (χ1n) is 8.82. The summed E-state index contributed by atoms with van der Waals surface area (Å²) in [6, 6.07) is 0. The van der Waals surface area contributed by atoms with Crippen LogP contribution in [0.3, 0.4) is 0 Å². The fourth-order valence-electron chi connectivity index (χ4n) is 4.92. The normalized spacial score (nSPS) is 36.9. The van der Waals surface area contributed by atoms with E-state index in [1.54, 1.807) is 19.9 Å². The Hall–Kier alpha value is -1.72. The lowest BCUT2D eigenvalue weighted by atomic mass is 9.66. The summed E-state index contributed by atoms with van der Waals surface area (Å²) in [5, 5.41) is 30.1. The fourth-order valence-corrected chi connectivity index (χ4v) is 4.92. The summed E-state index contributed by atoms with van der Waals surface area (Å²) in [6.07, 6.45) is 2.40. The van der Waals surface area contributed by atoms with Crippen LogP contribution in [0.25, 0.3) is 0 Å². The Morgan fingerprint density at radius 3 is 2.52 bits per heavy atom. The molecule has 0 heterocycles. The van der Waals surface area contributed by atoms with E-state index in [-0.39, 0.29) is 29.5 Å². The lowest BCUT2D eigenvalue weighted by molar-refractivity contribution is -0.125. The fraction of sp³-hybridized carbons (Fsp3) is 0.600. The smallest absolute Gasteiger partial charge is 0.224 e. The number of hydrogen-bond donors (Lipinski definition) is 3. The molecule has 3 N–H and O–H groups in total. The van der Waals surface area contributed by atoms with Crippen molar-refractivity contribution < 1.29 is 24.9 Å². The number of carbonyl (C=O) groups is 2. The molecule has 4 unspecified atom stereocenters. The molecule has 25 heavy (non-hydrogen) atoms. The number of fused-ring (bicyclic) bond motifs is 2. The molecule has 0 aromatic carbocycles. The van der Waals surface area contributed by atoms with Crippen LogP contribution in [-0.4, -0.2) is 39.6 Å². The van der Waals surface area contributed by atoms with Gasteiger partial charge in [0.25, 0.3) is 0 Å². The molecular weight excluding hydrogens is 320 g/mol. The molecule has 3 aliphatic rings. The van der Waals surface area contributed by atoms with Gasteiger partial charge in [0.1, 0.15) is 6.10 Å². The number of carbonyl (C=O) groups excluding carboxylic acids is 2. The molecule has 0 fully saturated rings. The summed E-state index contributed by atoms with van der Waals surface area (Å²) in [5.41, 5.74) is 1.31. The van der Waals surface area contributed by atoms with Crippen molar-refractivity contribution in [2.45, 2.75) is 53.1 Å². The molecule has 136 valence electrons. The predicted molar refractivity (Wildman–Crippen MR) is 92.8 cm³/mol. The Morgan fingerprint density at radius 1 is 1.28 bits per heavy atom. The summed E-state index contributed by atoms with van der Waals surface area (Å²) in [5.74, 6) is -1.30. The molecule has 0 aliphatic heterocycles. The van der Waals surface area contributed by atoms with Crippen molar-refractivity contribution in [2.75, 3.05) is 6.61 Å². The molecule has 4 atom stereocenters. The zero-order chi connectivity index (χ0) is 18.7. The summed E-state index contributed by atoms with van der Waals surface area (Å²) >= 11 is 0. The van der Waals surface area contributed by atoms with E-state index in [1.807, 2.05) is 13.8 Å². The highest BCUT2D eigenvalue weighted by atomic mass is 16.3. The van der Waals surface area contributed by atoms with Gasteiger partial charge >= 0.3 is 0 Å². The minimum Gasteiger partial charge on any atom is -0.504 e. The zero-order valence-electron chi connectivity index (χ0n) is 15.2. The standard InChI is InChI=1S/C20H26O5/c1-10(9-21)15-18(25)17(24)13-7-12-11(2)16(23)14(22)8-19(12,3)5-6-20(13,15)4/h7,10,14,21-22,25H,5-6,8-9H2,1-4H3. The van der Waals surface area contributed by atoms with Gasteiger partial charge in [0, 0.05) is 23.5 Å². The van der Waals surface area contributed by atoms with E-state index in [0.29, 0.717) is 36.0 Å². The Labute approximate surface area is 147 Å². The number of rotatable bonds is 2. The van der Waals surface area contributed by atoms with Crippen LogP contribution < -0.4 is 0 Å². The third-order valence-electron chi connectivity index (χ3n) is 6.51. The quantitative estimate of drug-likeness (QED) is 0.714. The minimum absolute atomic E-state index is 0.147. The lowest BCUT2D eigenvalue weighted by Crippen LogP contribution is -2.37. The van der Waals surface area contributed by atoms with Crippen molar-refractivity contribution in [1.82, 2.24) is 0 Å². The molecular formula is C20H26O5. The number of aliphatic hydroxyl groups excluding tert-OH is 3. The molecule has 3 aliphatic carbocycles. The number of ketones is 2. The average molecular weight is 346 g/mol. The van der Waals surface area contributed by atoms with Crippen molar-refractivity contribution in [2.24, 2.45) is 16.7 Å². The Morgan fingerprint density at radius 2 is 1.92 bits per heavy atom. The van der Waals surface area contributed by atoms with E-state index in [1.165, 1.54) is 0 Å². The van der Waals surface area contributed by atoms with Crippen LogP contribution in [0.5, 0.6) is 0 Å². The second kappa shape index (κ2) is 5.64. The first-order chi connectivity index (χ1) is 11.6. The molecule has 0 amide bonds. The van der Waals surface area contributed by atoms with E-state index in [0.717, 1.165) is 5.57 Å². The van der Waals surface area contributed by atoms with Gasteiger partial charge in [-0.2, -0.15) is 0 Å². The van der Waals surface area contributed by atoms with E-state index in [2.05, 4.69) is 0 Å². The molecule has 0 radical (unpaired) electrons. The number of Topliss-reactive ketones (excluding diaryl/α,β-unsaturated/α-hetero) is 2. The maximum Gasteiger partial charge on any atom is 0.224 e. The Bertz CT molecular complexity index is 756. The Kier molecular flexibility index (Phi) is 4.08. The monoisotopic (exact) mass is 346 g/mol. The van der Waals surface area contributed by atoms with Crippen molar-refractivity contribution in [3.63, 3.8) is 0 Å². The minimum atomic E-state index is -1.01. The van der Waals surface area contributed by atoms with Crippen LogP contribution in [0.4, 0.5) is 0 Å². The highest BCUT2D eigenvalue weighted by molar-refractivity contribution is 6.12. The summed E-state index contributed by atoms with van der Waals surface area (Å²) < 4.78 is 0. The molecule has 5 heteroatoms. The first kappa shape index (κ1) is 18.1. The van der Waals surface area contributed by atoms with Gasteiger partial charge < -0.3 is 15.3 Å². The van der Waals surface area contributed by atoms with Gasteiger partial charge in [0.05, 0.1) is 0 Å². The van der Waals surface area contributed by atoms with Gasteiger partial charge in [-0.05, 0) is 54.4 Å². The van der Waals surface area contributed by atoms with Gasteiger partial charge in [-0.25, -0.2) is 0 Å².